The molecule has 60 valence electrons. The van der Waals surface area contributed by atoms with E-state index in [1.807, 2.05) is 25.1 Å². The van der Waals surface area contributed by atoms with Crippen molar-refractivity contribution in [3.05, 3.63) is 30.2 Å². The lowest BCUT2D eigenvalue weighted by atomic mass is 10.4. The fraction of sp³-hybridized carbons (Fsp3) is 0.143. The molecular formula is C7H7N5. The highest BCUT2D eigenvalue weighted by atomic mass is 15.5. The van der Waals surface area contributed by atoms with Crippen LogP contribution in [0.25, 0.3) is 5.82 Å². The van der Waals surface area contributed by atoms with Crippen LogP contribution in [0.3, 0.4) is 0 Å². The van der Waals surface area contributed by atoms with E-state index in [9.17, 15) is 0 Å². The molecule has 2 rings (SSSR count). The third kappa shape index (κ3) is 1.16. The molecule has 0 spiro atoms. The number of pyridine rings is 1. The van der Waals surface area contributed by atoms with Crippen molar-refractivity contribution in [2.24, 2.45) is 0 Å². The Morgan fingerprint density at radius 3 is 2.92 bits per heavy atom. The van der Waals surface area contributed by atoms with E-state index in [-0.39, 0.29) is 0 Å². The van der Waals surface area contributed by atoms with Gasteiger partial charge in [0.05, 0.1) is 0 Å². The van der Waals surface area contributed by atoms with E-state index < -0.39 is 0 Å². The first kappa shape index (κ1) is 6.90. The van der Waals surface area contributed by atoms with Crippen molar-refractivity contribution in [1.29, 1.82) is 0 Å². The number of tetrazole rings is 1. The summed E-state index contributed by atoms with van der Waals surface area (Å²) in [5, 5.41) is 10.8. The minimum atomic E-state index is 0.736. The normalized spacial score (nSPS) is 10.1. The van der Waals surface area contributed by atoms with Crippen LogP contribution in [0, 0.1) is 6.92 Å². The van der Waals surface area contributed by atoms with E-state index in [2.05, 4.69) is 20.5 Å². The van der Waals surface area contributed by atoms with Crippen LogP contribution >= 0.6 is 0 Å². The molecule has 0 aromatic carbocycles. The lowest BCUT2D eigenvalue weighted by Gasteiger charge is -1.97. The van der Waals surface area contributed by atoms with Crippen LogP contribution in [0.5, 0.6) is 0 Å². The van der Waals surface area contributed by atoms with Gasteiger partial charge in [-0.3, -0.25) is 0 Å². The van der Waals surface area contributed by atoms with Gasteiger partial charge in [-0.25, -0.2) is 4.98 Å². The average Bonchev–Trinajstić information content (AvgIpc) is 2.56. The molecule has 5 heteroatoms. The molecule has 2 aromatic heterocycles. The molecular weight excluding hydrogens is 154 g/mol. The Hall–Kier alpha value is -1.78. The highest BCUT2D eigenvalue weighted by Gasteiger charge is 1.97. The van der Waals surface area contributed by atoms with Crippen LogP contribution in [0.1, 0.15) is 5.69 Å². The summed E-state index contributed by atoms with van der Waals surface area (Å²) >= 11 is 0. The highest BCUT2D eigenvalue weighted by molar-refractivity contribution is 5.21. The molecule has 0 bridgehead atoms. The lowest BCUT2D eigenvalue weighted by molar-refractivity contribution is 0.768. The van der Waals surface area contributed by atoms with Crippen molar-refractivity contribution in [3.8, 4) is 5.82 Å². The molecule has 0 fully saturated rings. The third-order valence-corrected chi connectivity index (χ3v) is 1.46. The van der Waals surface area contributed by atoms with Gasteiger partial charge in [-0.1, -0.05) is 6.07 Å². The summed E-state index contributed by atoms with van der Waals surface area (Å²) in [6.07, 6.45) is 1.52. The first-order valence-electron chi connectivity index (χ1n) is 3.53. The second-order valence-electron chi connectivity index (χ2n) is 2.39. The second-order valence-corrected chi connectivity index (χ2v) is 2.39. The first-order valence-corrected chi connectivity index (χ1v) is 3.53. The second kappa shape index (κ2) is 2.69. The van der Waals surface area contributed by atoms with Crippen molar-refractivity contribution in [3.63, 3.8) is 0 Å². The van der Waals surface area contributed by atoms with E-state index in [0.29, 0.717) is 0 Å². The van der Waals surface area contributed by atoms with Crippen molar-refractivity contribution >= 4 is 0 Å². The average molecular weight is 161 g/mol. The van der Waals surface area contributed by atoms with Crippen LogP contribution < -0.4 is 0 Å². The van der Waals surface area contributed by atoms with Crippen molar-refractivity contribution < 1.29 is 0 Å². The molecule has 2 heterocycles. The van der Waals surface area contributed by atoms with Crippen LogP contribution in [0.2, 0.25) is 0 Å². The summed E-state index contributed by atoms with van der Waals surface area (Å²) < 4.78 is 1.52. The number of aromatic nitrogens is 5. The maximum atomic E-state index is 4.24. The zero-order valence-corrected chi connectivity index (χ0v) is 6.55. The zero-order valence-electron chi connectivity index (χ0n) is 6.55. The molecule has 0 aliphatic heterocycles. The van der Waals surface area contributed by atoms with Gasteiger partial charge in [-0.2, -0.15) is 4.68 Å². The molecule has 5 nitrogen and oxygen atoms in total. The van der Waals surface area contributed by atoms with Gasteiger partial charge in [0.25, 0.3) is 0 Å². The zero-order chi connectivity index (χ0) is 8.39. The molecule has 0 N–H and O–H groups in total. The van der Waals surface area contributed by atoms with Gasteiger partial charge < -0.3 is 0 Å². The maximum Gasteiger partial charge on any atom is 0.157 e. The number of rotatable bonds is 1. The predicted octanol–water partition coefficient (Wildman–Crippen LogP) is 0.366. The summed E-state index contributed by atoms with van der Waals surface area (Å²) in [7, 11) is 0. The van der Waals surface area contributed by atoms with Gasteiger partial charge in [-0.05, 0) is 29.5 Å². The van der Waals surface area contributed by atoms with Crippen molar-refractivity contribution in [1.82, 2.24) is 25.2 Å². The SMILES string of the molecule is Cc1cccc(-n2cnnn2)n1. The quantitative estimate of drug-likeness (QED) is 0.606. The molecule has 0 amide bonds. The largest absolute Gasteiger partial charge is 0.234 e. The Labute approximate surface area is 69.1 Å². The van der Waals surface area contributed by atoms with Gasteiger partial charge in [0.1, 0.15) is 6.33 Å². The Kier molecular flexibility index (Phi) is 1.55. The number of hydrogen-bond donors (Lipinski definition) is 0. The summed E-state index contributed by atoms with van der Waals surface area (Å²) in [4.78, 5) is 4.24. The van der Waals surface area contributed by atoms with Crippen LogP contribution in [0.15, 0.2) is 24.5 Å². The van der Waals surface area contributed by atoms with E-state index in [4.69, 9.17) is 0 Å². The molecule has 0 aliphatic rings. The lowest BCUT2D eigenvalue weighted by Crippen LogP contribution is -1.98. The van der Waals surface area contributed by atoms with Gasteiger partial charge in [-0.15, -0.1) is 5.10 Å². The van der Waals surface area contributed by atoms with Crippen LogP contribution in [0.4, 0.5) is 0 Å². The Morgan fingerprint density at radius 1 is 1.33 bits per heavy atom. The smallest absolute Gasteiger partial charge is 0.157 e. The minimum Gasteiger partial charge on any atom is -0.234 e. The molecule has 0 unspecified atom stereocenters. The van der Waals surface area contributed by atoms with Gasteiger partial charge in [0, 0.05) is 5.69 Å². The maximum absolute atomic E-state index is 4.24. The summed E-state index contributed by atoms with van der Waals surface area (Å²) in [6.45, 7) is 1.92. The summed E-state index contributed by atoms with van der Waals surface area (Å²) in [6, 6.07) is 5.69. The Morgan fingerprint density at radius 2 is 2.25 bits per heavy atom. The molecule has 0 aliphatic carbocycles. The van der Waals surface area contributed by atoms with Crippen molar-refractivity contribution in [2.75, 3.05) is 0 Å². The molecule has 2 aromatic rings. The standard InChI is InChI=1S/C7H7N5/c1-6-3-2-4-7(9-6)12-5-8-10-11-12/h2-5H,1H3. The minimum absolute atomic E-state index is 0.736. The number of nitrogens with zero attached hydrogens (tertiary/aromatic N) is 5. The monoisotopic (exact) mass is 161 g/mol. The topological polar surface area (TPSA) is 56.5 Å². The fourth-order valence-electron chi connectivity index (χ4n) is 0.923. The van der Waals surface area contributed by atoms with Gasteiger partial charge >= 0.3 is 0 Å². The Balaban J connectivity index is 2.48. The van der Waals surface area contributed by atoms with E-state index >= 15 is 0 Å². The Bertz CT molecular complexity index is 367. The van der Waals surface area contributed by atoms with Gasteiger partial charge in [0.2, 0.25) is 0 Å². The molecule has 0 radical (unpaired) electrons. The summed E-state index contributed by atoms with van der Waals surface area (Å²) in [5.74, 6) is 0.736. The number of aryl methyl sites for hydroxylation is 1. The summed E-state index contributed by atoms with van der Waals surface area (Å²) in [5.41, 5.74) is 0.947. The van der Waals surface area contributed by atoms with Crippen LogP contribution in [-0.4, -0.2) is 25.2 Å². The van der Waals surface area contributed by atoms with E-state index in [1.165, 1.54) is 11.0 Å². The molecule has 0 saturated carbocycles. The van der Waals surface area contributed by atoms with Crippen LogP contribution in [-0.2, 0) is 0 Å². The number of hydrogen-bond acceptors (Lipinski definition) is 4. The van der Waals surface area contributed by atoms with Crippen molar-refractivity contribution in [2.45, 2.75) is 6.92 Å². The fourth-order valence-corrected chi connectivity index (χ4v) is 0.923. The predicted molar refractivity (Wildman–Crippen MR) is 41.7 cm³/mol. The molecule has 0 saturated heterocycles. The highest BCUT2D eigenvalue weighted by Crippen LogP contribution is 2.00. The van der Waals surface area contributed by atoms with E-state index in [1.54, 1.807) is 0 Å². The molecule has 12 heavy (non-hydrogen) atoms. The first-order chi connectivity index (χ1) is 5.86. The molecule has 0 atom stereocenters. The third-order valence-electron chi connectivity index (χ3n) is 1.46. The van der Waals surface area contributed by atoms with Gasteiger partial charge in [0.15, 0.2) is 5.82 Å². The van der Waals surface area contributed by atoms with E-state index in [0.717, 1.165) is 11.5 Å².